The molecule has 5 nitrogen and oxygen atoms in total. The molecule has 0 fully saturated rings. The molecule has 0 unspecified atom stereocenters. The molecule has 0 radical (unpaired) electrons. The van der Waals surface area contributed by atoms with Crippen LogP contribution < -0.4 is 9.47 Å². The lowest BCUT2D eigenvalue weighted by Crippen LogP contribution is -2.07. The van der Waals surface area contributed by atoms with Gasteiger partial charge in [-0.1, -0.05) is 12.1 Å². The molecular formula is C19H16FNO4. The van der Waals surface area contributed by atoms with Crippen LogP contribution in [0.15, 0.2) is 48.0 Å². The number of hydrogen-bond acceptors (Lipinski definition) is 5. The first-order valence-corrected chi connectivity index (χ1v) is 7.32. The fourth-order valence-corrected chi connectivity index (χ4v) is 2.08. The summed E-state index contributed by atoms with van der Waals surface area (Å²) in [4.78, 5) is 12.1. The molecule has 0 amide bonds. The van der Waals surface area contributed by atoms with E-state index in [4.69, 9.17) is 14.2 Å². The van der Waals surface area contributed by atoms with E-state index in [0.29, 0.717) is 22.6 Å². The van der Waals surface area contributed by atoms with Crippen LogP contribution in [0.2, 0.25) is 0 Å². The van der Waals surface area contributed by atoms with Crippen LogP contribution in [0.3, 0.4) is 0 Å². The molecule has 128 valence electrons. The third-order valence-corrected chi connectivity index (χ3v) is 3.37. The third kappa shape index (κ3) is 4.82. The summed E-state index contributed by atoms with van der Waals surface area (Å²) in [5, 5.41) is 9.17. The molecular weight excluding hydrogens is 325 g/mol. The van der Waals surface area contributed by atoms with Gasteiger partial charge in [0.05, 0.1) is 14.2 Å². The van der Waals surface area contributed by atoms with Gasteiger partial charge in [0, 0.05) is 5.56 Å². The van der Waals surface area contributed by atoms with E-state index in [1.165, 1.54) is 31.4 Å². The first-order valence-electron chi connectivity index (χ1n) is 7.32. The second-order valence-corrected chi connectivity index (χ2v) is 4.98. The number of nitriles is 1. The Kier molecular flexibility index (Phi) is 6.13. The van der Waals surface area contributed by atoms with Crippen LogP contribution in [0.4, 0.5) is 4.39 Å². The van der Waals surface area contributed by atoms with E-state index in [0.717, 1.165) is 0 Å². The van der Waals surface area contributed by atoms with Crippen LogP contribution in [-0.2, 0) is 16.1 Å². The second-order valence-electron chi connectivity index (χ2n) is 4.98. The molecule has 0 saturated heterocycles. The molecule has 0 aliphatic rings. The maximum absolute atomic E-state index is 13.3. The van der Waals surface area contributed by atoms with Gasteiger partial charge in [0.15, 0.2) is 0 Å². The zero-order chi connectivity index (χ0) is 18.2. The molecule has 2 aromatic rings. The van der Waals surface area contributed by atoms with Crippen molar-refractivity contribution in [1.29, 1.82) is 5.26 Å². The van der Waals surface area contributed by atoms with E-state index in [1.807, 2.05) is 0 Å². The van der Waals surface area contributed by atoms with Gasteiger partial charge in [0.2, 0.25) is 0 Å². The standard InChI is InChI=1S/C19H16FNO4/c1-23-17-6-3-13(4-7-17)9-14(11-21)19(22)25-12-15-10-16(20)5-8-18(15)24-2/h3-10H,12H2,1-2H3/b14-9+. The molecule has 0 saturated carbocycles. The maximum Gasteiger partial charge on any atom is 0.349 e. The largest absolute Gasteiger partial charge is 0.497 e. The van der Waals surface area contributed by atoms with Gasteiger partial charge in [-0.3, -0.25) is 0 Å². The lowest BCUT2D eigenvalue weighted by molar-refractivity contribution is -0.139. The van der Waals surface area contributed by atoms with E-state index < -0.39 is 11.8 Å². The number of carbonyl (C=O) groups excluding carboxylic acids is 1. The second kappa shape index (κ2) is 8.50. The van der Waals surface area contributed by atoms with Gasteiger partial charge >= 0.3 is 5.97 Å². The highest BCUT2D eigenvalue weighted by Gasteiger charge is 2.13. The summed E-state index contributed by atoms with van der Waals surface area (Å²) in [7, 11) is 2.98. The van der Waals surface area contributed by atoms with Crippen molar-refractivity contribution in [3.63, 3.8) is 0 Å². The van der Waals surface area contributed by atoms with Crippen LogP contribution in [0.1, 0.15) is 11.1 Å². The molecule has 6 heteroatoms. The average Bonchev–Trinajstić information content (AvgIpc) is 2.64. The van der Waals surface area contributed by atoms with Gasteiger partial charge in [0.1, 0.15) is 35.6 Å². The van der Waals surface area contributed by atoms with Crippen molar-refractivity contribution in [3.05, 3.63) is 65.0 Å². The van der Waals surface area contributed by atoms with Gasteiger partial charge in [-0.05, 0) is 42.0 Å². The predicted molar refractivity (Wildman–Crippen MR) is 89.3 cm³/mol. The van der Waals surface area contributed by atoms with Crippen LogP contribution in [-0.4, -0.2) is 20.2 Å². The summed E-state index contributed by atoms with van der Waals surface area (Å²) >= 11 is 0. The summed E-state index contributed by atoms with van der Waals surface area (Å²) in [6.45, 7) is -0.207. The monoisotopic (exact) mass is 341 g/mol. The Morgan fingerprint density at radius 3 is 2.48 bits per heavy atom. The Labute approximate surface area is 144 Å². The number of carbonyl (C=O) groups is 1. The summed E-state index contributed by atoms with van der Waals surface area (Å²) in [5.74, 6) is -0.214. The van der Waals surface area contributed by atoms with Crippen LogP contribution in [0.5, 0.6) is 11.5 Å². The molecule has 0 heterocycles. The Morgan fingerprint density at radius 1 is 1.16 bits per heavy atom. The highest BCUT2D eigenvalue weighted by molar-refractivity contribution is 5.97. The minimum absolute atomic E-state index is 0.166. The Morgan fingerprint density at radius 2 is 1.88 bits per heavy atom. The van der Waals surface area contributed by atoms with Crippen molar-refractivity contribution < 1.29 is 23.4 Å². The number of ether oxygens (including phenoxy) is 3. The molecule has 0 aromatic heterocycles. The van der Waals surface area contributed by atoms with Crippen molar-refractivity contribution in [1.82, 2.24) is 0 Å². The van der Waals surface area contributed by atoms with Crippen molar-refractivity contribution in [2.45, 2.75) is 6.61 Å². The molecule has 0 aliphatic heterocycles. The topological polar surface area (TPSA) is 68.5 Å². The minimum Gasteiger partial charge on any atom is -0.497 e. The van der Waals surface area contributed by atoms with Crippen LogP contribution >= 0.6 is 0 Å². The molecule has 0 spiro atoms. The van der Waals surface area contributed by atoms with E-state index >= 15 is 0 Å². The van der Waals surface area contributed by atoms with Crippen molar-refractivity contribution >= 4 is 12.0 Å². The maximum atomic E-state index is 13.3. The number of halogens is 1. The highest BCUT2D eigenvalue weighted by atomic mass is 19.1. The average molecular weight is 341 g/mol. The SMILES string of the molecule is COc1ccc(/C=C(\C#N)C(=O)OCc2cc(F)ccc2OC)cc1. The molecule has 2 aromatic carbocycles. The normalized spacial score (nSPS) is 10.7. The Balaban J connectivity index is 2.11. The van der Waals surface area contributed by atoms with Crippen molar-refractivity contribution in [2.24, 2.45) is 0 Å². The molecule has 0 N–H and O–H groups in total. The van der Waals surface area contributed by atoms with Gasteiger partial charge < -0.3 is 14.2 Å². The number of esters is 1. The number of nitrogens with zero attached hydrogens (tertiary/aromatic N) is 1. The van der Waals surface area contributed by atoms with E-state index in [9.17, 15) is 14.4 Å². The zero-order valence-electron chi connectivity index (χ0n) is 13.8. The summed E-state index contributed by atoms with van der Waals surface area (Å²) < 4.78 is 28.5. The van der Waals surface area contributed by atoms with Gasteiger partial charge in [-0.25, -0.2) is 9.18 Å². The number of rotatable bonds is 6. The smallest absolute Gasteiger partial charge is 0.349 e. The van der Waals surface area contributed by atoms with Crippen molar-refractivity contribution in [3.8, 4) is 17.6 Å². The van der Waals surface area contributed by atoms with E-state index in [2.05, 4.69) is 0 Å². The lowest BCUT2D eigenvalue weighted by Gasteiger charge is -2.09. The molecule has 0 atom stereocenters. The summed E-state index contributed by atoms with van der Waals surface area (Å²) in [6.07, 6.45) is 1.41. The van der Waals surface area contributed by atoms with E-state index in [1.54, 1.807) is 37.4 Å². The lowest BCUT2D eigenvalue weighted by atomic mass is 10.1. The van der Waals surface area contributed by atoms with Gasteiger partial charge in [0.25, 0.3) is 0 Å². The first kappa shape index (κ1) is 18.0. The third-order valence-electron chi connectivity index (χ3n) is 3.37. The van der Waals surface area contributed by atoms with Crippen LogP contribution in [0.25, 0.3) is 6.08 Å². The Bertz CT molecular complexity index is 822. The molecule has 25 heavy (non-hydrogen) atoms. The summed E-state index contributed by atoms with van der Waals surface area (Å²) in [6, 6.07) is 12.5. The minimum atomic E-state index is -0.801. The quantitative estimate of drug-likeness (QED) is 0.457. The summed E-state index contributed by atoms with van der Waals surface area (Å²) in [5.41, 5.74) is 0.857. The van der Waals surface area contributed by atoms with Gasteiger partial charge in [-0.15, -0.1) is 0 Å². The highest BCUT2D eigenvalue weighted by Crippen LogP contribution is 2.21. The van der Waals surface area contributed by atoms with Crippen LogP contribution in [0, 0.1) is 17.1 Å². The molecule has 0 aliphatic carbocycles. The fourth-order valence-electron chi connectivity index (χ4n) is 2.08. The van der Waals surface area contributed by atoms with E-state index in [-0.39, 0.29) is 12.2 Å². The molecule has 2 rings (SSSR count). The molecule has 0 bridgehead atoms. The number of hydrogen-bond donors (Lipinski definition) is 0. The fraction of sp³-hybridized carbons (Fsp3) is 0.158. The number of methoxy groups -OCH3 is 2. The van der Waals surface area contributed by atoms with Gasteiger partial charge in [-0.2, -0.15) is 5.26 Å². The predicted octanol–water partition coefficient (Wildman–Crippen LogP) is 3.49. The van der Waals surface area contributed by atoms with Crippen molar-refractivity contribution in [2.75, 3.05) is 14.2 Å². The first-order chi connectivity index (χ1) is 12.1. The Hall–Kier alpha value is -3.33. The zero-order valence-corrected chi connectivity index (χ0v) is 13.8. The number of benzene rings is 2.